The van der Waals surface area contributed by atoms with Crippen LogP contribution in [0.2, 0.25) is 0 Å². The Kier molecular flexibility index (Phi) is 8.39. The molecule has 9 aromatic carbocycles. The highest BCUT2D eigenvalue weighted by Gasteiger charge is 2.51. The predicted molar refractivity (Wildman–Crippen MR) is 255 cm³/mol. The SMILES string of the molecule is c1ccc(-c2cc(-c3cccc(-c4ccccc4-c4ccc5c(c4)C4(c6ccccc6-5)c5ccccc5N(c5ccccc5)c5ccccc54)c3)nc(-c3ccccc3)n2)cc1. The monoisotopic (exact) mass is 789 g/mol. The molecule has 0 radical (unpaired) electrons. The molecule has 2 heterocycles. The van der Waals surface area contributed by atoms with Gasteiger partial charge in [-0.05, 0) is 98.1 Å². The second-order valence-electron chi connectivity index (χ2n) is 16.1. The molecule has 0 amide bonds. The molecule has 1 aromatic heterocycles. The lowest BCUT2D eigenvalue weighted by atomic mass is 9.64. The highest BCUT2D eigenvalue weighted by Crippen LogP contribution is 2.63. The standard InChI is InChI=1S/C59H39N3/c1-4-19-40(20-5-1)54-39-55(61-58(60-54)41-21-6-2-7-22-41)44-24-18-23-42(37-44)46-27-10-11-28-47(46)43-35-36-49-48-29-12-13-30-50(48)59(53(49)38-43)51-31-14-16-33-56(51)62(45-25-8-3-9-26-45)57-34-17-15-32-52(57)59/h1-39H. The van der Waals surface area contributed by atoms with Gasteiger partial charge in [-0.3, -0.25) is 0 Å². The Balaban J connectivity index is 1.03. The van der Waals surface area contributed by atoms with Gasteiger partial charge < -0.3 is 4.90 Å². The van der Waals surface area contributed by atoms with Crippen LogP contribution in [0, 0.1) is 0 Å². The Morgan fingerprint density at radius 1 is 0.290 bits per heavy atom. The van der Waals surface area contributed by atoms with E-state index in [0.29, 0.717) is 5.82 Å². The van der Waals surface area contributed by atoms with Gasteiger partial charge in [-0.25, -0.2) is 9.97 Å². The molecule has 0 fully saturated rings. The summed E-state index contributed by atoms with van der Waals surface area (Å²) in [6.45, 7) is 0. The molecule has 2 aliphatic rings. The molecule has 1 aliphatic heterocycles. The first-order valence-corrected chi connectivity index (χ1v) is 21.2. The summed E-state index contributed by atoms with van der Waals surface area (Å²) in [5, 5.41) is 0. The van der Waals surface area contributed by atoms with Crippen molar-refractivity contribution in [1.82, 2.24) is 9.97 Å². The van der Waals surface area contributed by atoms with Crippen molar-refractivity contribution in [2.24, 2.45) is 0 Å². The zero-order chi connectivity index (χ0) is 41.0. The van der Waals surface area contributed by atoms with E-state index in [2.05, 4.69) is 217 Å². The molecule has 290 valence electrons. The lowest BCUT2D eigenvalue weighted by Gasteiger charge is -2.45. The number of rotatable bonds is 6. The lowest BCUT2D eigenvalue weighted by Crippen LogP contribution is -2.36. The number of nitrogens with zero attached hydrogens (tertiary/aromatic N) is 3. The molecule has 0 atom stereocenters. The Bertz CT molecular complexity index is 3200. The molecule has 0 N–H and O–H groups in total. The molecule has 62 heavy (non-hydrogen) atoms. The predicted octanol–water partition coefficient (Wildman–Crippen LogP) is 15.0. The minimum Gasteiger partial charge on any atom is -0.310 e. The van der Waals surface area contributed by atoms with Gasteiger partial charge in [0, 0.05) is 22.4 Å². The van der Waals surface area contributed by atoms with Gasteiger partial charge in [-0.1, -0.05) is 194 Å². The van der Waals surface area contributed by atoms with Crippen LogP contribution in [0.15, 0.2) is 237 Å². The third kappa shape index (κ3) is 5.59. The minimum atomic E-state index is -0.533. The Morgan fingerprint density at radius 3 is 1.42 bits per heavy atom. The smallest absolute Gasteiger partial charge is 0.160 e. The van der Waals surface area contributed by atoms with Gasteiger partial charge in [-0.2, -0.15) is 0 Å². The zero-order valence-electron chi connectivity index (χ0n) is 33.9. The van der Waals surface area contributed by atoms with Crippen molar-refractivity contribution >= 4 is 17.1 Å². The lowest BCUT2D eigenvalue weighted by molar-refractivity contribution is 0.753. The quantitative estimate of drug-likeness (QED) is 0.168. The van der Waals surface area contributed by atoms with Crippen LogP contribution < -0.4 is 4.90 Å². The molecule has 10 aromatic rings. The molecule has 3 heteroatoms. The molecule has 0 unspecified atom stereocenters. The van der Waals surface area contributed by atoms with Crippen LogP contribution in [0.3, 0.4) is 0 Å². The number of hydrogen-bond donors (Lipinski definition) is 0. The summed E-state index contributed by atoms with van der Waals surface area (Å²) in [4.78, 5) is 12.7. The van der Waals surface area contributed by atoms with Crippen molar-refractivity contribution in [2.75, 3.05) is 4.90 Å². The molecular formula is C59H39N3. The van der Waals surface area contributed by atoms with Crippen LogP contribution >= 0.6 is 0 Å². The third-order valence-electron chi connectivity index (χ3n) is 12.7. The molecular weight excluding hydrogens is 751 g/mol. The maximum atomic E-state index is 5.17. The van der Waals surface area contributed by atoms with Gasteiger partial charge in [-0.15, -0.1) is 0 Å². The van der Waals surface area contributed by atoms with E-state index in [1.807, 2.05) is 24.3 Å². The van der Waals surface area contributed by atoms with Crippen molar-refractivity contribution in [3.8, 4) is 67.3 Å². The van der Waals surface area contributed by atoms with E-state index in [4.69, 9.17) is 9.97 Å². The summed E-state index contributed by atoms with van der Waals surface area (Å²) in [7, 11) is 0. The number of aromatic nitrogens is 2. The van der Waals surface area contributed by atoms with E-state index >= 15 is 0 Å². The van der Waals surface area contributed by atoms with E-state index in [0.717, 1.165) is 39.3 Å². The van der Waals surface area contributed by atoms with E-state index in [1.54, 1.807) is 0 Å². The summed E-state index contributed by atoms with van der Waals surface area (Å²) in [6, 6.07) is 85.3. The second-order valence-corrected chi connectivity index (χ2v) is 16.1. The number of fused-ring (bicyclic) bond motifs is 9. The average Bonchev–Trinajstić information content (AvgIpc) is 3.65. The normalized spacial score (nSPS) is 12.9. The van der Waals surface area contributed by atoms with Gasteiger partial charge in [0.15, 0.2) is 5.82 Å². The van der Waals surface area contributed by atoms with Gasteiger partial charge in [0.25, 0.3) is 0 Å². The molecule has 1 spiro atoms. The fraction of sp³-hybridized carbons (Fsp3) is 0.0169. The number of para-hydroxylation sites is 3. The molecule has 0 saturated heterocycles. The van der Waals surface area contributed by atoms with Crippen molar-refractivity contribution in [3.05, 3.63) is 259 Å². The fourth-order valence-electron chi connectivity index (χ4n) is 10.0. The van der Waals surface area contributed by atoms with Crippen LogP contribution in [0.5, 0.6) is 0 Å². The van der Waals surface area contributed by atoms with E-state index in [9.17, 15) is 0 Å². The molecule has 12 rings (SSSR count). The Labute approximate surface area is 361 Å². The highest BCUT2D eigenvalue weighted by molar-refractivity contribution is 5.97. The maximum Gasteiger partial charge on any atom is 0.160 e. The topological polar surface area (TPSA) is 29.0 Å². The Hall–Kier alpha value is -8.14. The summed E-state index contributed by atoms with van der Waals surface area (Å²) >= 11 is 0. The summed E-state index contributed by atoms with van der Waals surface area (Å²) in [5.41, 5.74) is 20.2. The first-order valence-electron chi connectivity index (χ1n) is 21.2. The van der Waals surface area contributed by atoms with Crippen LogP contribution in [0.4, 0.5) is 17.1 Å². The number of anilines is 3. The van der Waals surface area contributed by atoms with Crippen LogP contribution in [-0.4, -0.2) is 9.97 Å². The van der Waals surface area contributed by atoms with E-state index in [-0.39, 0.29) is 0 Å². The first kappa shape index (κ1) is 35.8. The minimum absolute atomic E-state index is 0.533. The van der Waals surface area contributed by atoms with Crippen molar-refractivity contribution in [3.63, 3.8) is 0 Å². The van der Waals surface area contributed by atoms with Crippen molar-refractivity contribution in [1.29, 1.82) is 0 Å². The van der Waals surface area contributed by atoms with Crippen molar-refractivity contribution in [2.45, 2.75) is 5.41 Å². The summed E-state index contributed by atoms with van der Waals surface area (Å²) < 4.78 is 0. The molecule has 3 nitrogen and oxygen atoms in total. The number of hydrogen-bond acceptors (Lipinski definition) is 3. The Morgan fingerprint density at radius 2 is 0.758 bits per heavy atom. The molecule has 0 bridgehead atoms. The van der Waals surface area contributed by atoms with Crippen LogP contribution in [-0.2, 0) is 5.41 Å². The molecule has 1 aliphatic carbocycles. The summed E-state index contributed by atoms with van der Waals surface area (Å²) in [6.07, 6.45) is 0. The molecule has 0 saturated carbocycles. The number of benzene rings is 9. The van der Waals surface area contributed by atoms with Crippen LogP contribution in [0.1, 0.15) is 22.3 Å². The zero-order valence-corrected chi connectivity index (χ0v) is 33.9. The average molecular weight is 790 g/mol. The second kappa shape index (κ2) is 14.5. The largest absolute Gasteiger partial charge is 0.310 e. The van der Waals surface area contributed by atoms with Gasteiger partial charge in [0.05, 0.1) is 28.2 Å². The van der Waals surface area contributed by atoms with Gasteiger partial charge in [0.2, 0.25) is 0 Å². The fourth-order valence-corrected chi connectivity index (χ4v) is 10.0. The van der Waals surface area contributed by atoms with Crippen LogP contribution in [0.25, 0.3) is 67.3 Å². The van der Waals surface area contributed by atoms with E-state index < -0.39 is 5.41 Å². The van der Waals surface area contributed by atoms with Gasteiger partial charge >= 0.3 is 0 Å². The maximum absolute atomic E-state index is 5.17. The first-order chi connectivity index (χ1) is 30.8. The van der Waals surface area contributed by atoms with Crippen molar-refractivity contribution < 1.29 is 0 Å². The highest BCUT2D eigenvalue weighted by atomic mass is 15.2. The van der Waals surface area contributed by atoms with Gasteiger partial charge in [0.1, 0.15) is 0 Å². The summed E-state index contributed by atoms with van der Waals surface area (Å²) in [5.74, 6) is 0.707. The van der Waals surface area contributed by atoms with E-state index in [1.165, 1.54) is 61.4 Å². The third-order valence-corrected chi connectivity index (χ3v) is 12.7.